The first-order valence-electron chi connectivity index (χ1n) is 7.00. The molecule has 1 rings (SSSR count). The molecule has 0 fully saturated rings. The average molecular weight is 274 g/mol. The molecule has 108 valence electrons. The third kappa shape index (κ3) is 4.23. The molecule has 0 radical (unpaired) electrons. The Hall–Kier alpha value is -2.09. The summed E-state index contributed by atoms with van der Waals surface area (Å²) in [6.45, 7) is 7.63. The molecule has 0 saturated heterocycles. The Kier molecular flexibility index (Phi) is 6.51. The van der Waals surface area contributed by atoms with Gasteiger partial charge in [0.15, 0.2) is 0 Å². The van der Waals surface area contributed by atoms with Gasteiger partial charge < -0.3 is 10.2 Å². The van der Waals surface area contributed by atoms with Crippen LogP contribution in [-0.4, -0.2) is 35.4 Å². The zero-order valence-electron chi connectivity index (χ0n) is 12.4. The number of pyridine rings is 1. The van der Waals surface area contributed by atoms with Crippen molar-refractivity contribution < 1.29 is 4.79 Å². The van der Waals surface area contributed by atoms with Crippen molar-refractivity contribution in [1.82, 2.24) is 9.88 Å². The number of carbonyl (C=O) groups is 1. The van der Waals surface area contributed by atoms with Crippen LogP contribution < -0.4 is 5.32 Å². The summed E-state index contributed by atoms with van der Waals surface area (Å²) in [6, 6.07) is 3.97. The molecule has 1 aromatic rings. The van der Waals surface area contributed by atoms with E-state index < -0.39 is 0 Å². The number of nitrogens with zero attached hydrogens (tertiary/aromatic N) is 3. The molecule has 0 saturated carbocycles. The molecule has 0 aliphatic rings. The van der Waals surface area contributed by atoms with Crippen molar-refractivity contribution in [3.8, 4) is 6.07 Å². The highest BCUT2D eigenvalue weighted by molar-refractivity contribution is 5.99. The van der Waals surface area contributed by atoms with Gasteiger partial charge >= 0.3 is 0 Å². The first-order valence-corrected chi connectivity index (χ1v) is 7.00. The van der Waals surface area contributed by atoms with Gasteiger partial charge in [0.2, 0.25) is 0 Å². The number of hydrogen-bond acceptors (Lipinski definition) is 4. The molecule has 20 heavy (non-hydrogen) atoms. The van der Waals surface area contributed by atoms with E-state index in [0.717, 1.165) is 18.7 Å². The largest absolute Gasteiger partial charge is 0.384 e. The molecule has 5 heteroatoms. The van der Waals surface area contributed by atoms with Crippen LogP contribution in [0.5, 0.6) is 0 Å². The van der Waals surface area contributed by atoms with E-state index in [1.54, 1.807) is 17.3 Å². The minimum atomic E-state index is -0.178. The molecule has 5 nitrogen and oxygen atoms in total. The van der Waals surface area contributed by atoms with E-state index in [1.165, 1.54) is 0 Å². The minimum absolute atomic E-state index is 0.0821. The Bertz CT molecular complexity index is 481. The van der Waals surface area contributed by atoms with Gasteiger partial charge in [-0.3, -0.25) is 9.78 Å². The van der Waals surface area contributed by atoms with E-state index in [1.807, 2.05) is 19.9 Å². The summed E-state index contributed by atoms with van der Waals surface area (Å²) >= 11 is 0. The average Bonchev–Trinajstić information content (AvgIpc) is 2.49. The van der Waals surface area contributed by atoms with Gasteiger partial charge in [-0.05, 0) is 26.3 Å². The maximum Gasteiger partial charge on any atom is 0.257 e. The van der Waals surface area contributed by atoms with Crippen LogP contribution in [0.3, 0.4) is 0 Å². The van der Waals surface area contributed by atoms with Crippen LogP contribution in [-0.2, 0) is 0 Å². The Morgan fingerprint density at radius 1 is 1.55 bits per heavy atom. The van der Waals surface area contributed by atoms with Gasteiger partial charge in [-0.25, -0.2) is 0 Å². The minimum Gasteiger partial charge on any atom is -0.384 e. The lowest BCUT2D eigenvalue weighted by Crippen LogP contribution is -2.34. The Morgan fingerprint density at radius 3 is 2.90 bits per heavy atom. The van der Waals surface area contributed by atoms with E-state index in [-0.39, 0.29) is 11.8 Å². The fourth-order valence-electron chi connectivity index (χ4n) is 1.88. The summed E-state index contributed by atoms with van der Waals surface area (Å²) in [7, 11) is 0. The summed E-state index contributed by atoms with van der Waals surface area (Å²) in [4.78, 5) is 18.3. The quantitative estimate of drug-likeness (QED) is 0.829. The van der Waals surface area contributed by atoms with Crippen LogP contribution in [0.1, 0.15) is 37.6 Å². The fourth-order valence-corrected chi connectivity index (χ4v) is 1.88. The van der Waals surface area contributed by atoms with E-state index in [4.69, 9.17) is 5.26 Å². The van der Waals surface area contributed by atoms with Gasteiger partial charge in [-0.1, -0.05) is 6.92 Å². The van der Waals surface area contributed by atoms with Crippen molar-refractivity contribution in [3.63, 3.8) is 0 Å². The Morgan fingerprint density at radius 2 is 2.30 bits per heavy atom. The molecule has 0 aliphatic heterocycles. The second-order valence-electron chi connectivity index (χ2n) is 4.72. The normalized spacial score (nSPS) is 11.5. The molecule has 0 spiro atoms. The highest BCUT2D eigenvalue weighted by Crippen LogP contribution is 2.16. The SMILES string of the molecule is CCCNc1ccncc1C(=O)N(CC)CC(C)C#N. The number of anilines is 1. The van der Waals surface area contributed by atoms with Gasteiger partial charge in [0, 0.05) is 32.0 Å². The third-order valence-electron chi connectivity index (χ3n) is 3.00. The predicted octanol–water partition coefficient (Wildman–Crippen LogP) is 2.53. The Balaban J connectivity index is 2.92. The standard InChI is InChI=1S/C15H22N4O/c1-4-7-18-14-6-8-17-10-13(14)15(20)19(5-2)11-12(3)9-16/h6,8,10,12H,4-5,7,11H2,1-3H3,(H,17,18). The molecule has 1 atom stereocenters. The molecule has 1 unspecified atom stereocenters. The van der Waals surface area contributed by atoms with Crippen molar-refractivity contribution in [3.05, 3.63) is 24.0 Å². The number of nitriles is 1. The smallest absolute Gasteiger partial charge is 0.257 e. The highest BCUT2D eigenvalue weighted by Gasteiger charge is 2.19. The van der Waals surface area contributed by atoms with Gasteiger partial charge in [-0.15, -0.1) is 0 Å². The molecule has 0 bridgehead atoms. The second kappa shape index (κ2) is 8.16. The molecule has 1 heterocycles. The van der Waals surface area contributed by atoms with Crippen molar-refractivity contribution in [2.24, 2.45) is 5.92 Å². The number of aromatic nitrogens is 1. The lowest BCUT2D eigenvalue weighted by Gasteiger charge is -2.23. The summed E-state index contributed by atoms with van der Waals surface area (Å²) in [5.41, 5.74) is 1.36. The third-order valence-corrected chi connectivity index (χ3v) is 3.00. The van der Waals surface area contributed by atoms with E-state index >= 15 is 0 Å². The summed E-state index contributed by atoms with van der Waals surface area (Å²) < 4.78 is 0. The molecule has 1 amide bonds. The lowest BCUT2D eigenvalue weighted by molar-refractivity contribution is 0.0753. The first-order chi connectivity index (χ1) is 9.63. The van der Waals surface area contributed by atoms with E-state index in [0.29, 0.717) is 18.7 Å². The fraction of sp³-hybridized carbons (Fsp3) is 0.533. The van der Waals surface area contributed by atoms with Crippen LogP contribution in [0.4, 0.5) is 5.69 Å². The zero-order valence-corrected chi connectivity index (χ0v) is 12.4. The van der Waals surface area contributed by atoms with Gasteiger partial charge in [-0.2, -0.15) is 5.26 Å². The summed E-state index contributed by atoms with van der Waals surface area (Å²) in [5, 5.41) is 12.1. The van der Waals surface area contributed by atoms with E-state index in [9.17, 15) is 4.79 Å². The molecule has 1 aromatic heterocycles. The van der Waals surface area contributed by atoms with Crippen molar-refractivity contribution in [2.75, 3.05) is 25.0 Å². The molecule has 1 N–H and O–H groups in total. The topological polar surface area (TPSA) is 69.0 Å². The lowest BCUT2D eigenvalue weighted by atomic mass is 10.1. The van der Waals surface area contributed by atoms with Crippen LogP contribution >= 0.6 is 0 Å². The summed E-state index contributed by atoms with van der Waals surface area (Å²) in [6.07, 6.45) is 4.24. The first kappa shape index (κ1) is 16.0. The predicted molar refractivity (Wildman–Crippen MR) is 79.4 cm³/mol. The number of amides is 1. The maximum atomic E-state index is 12.5. The Labute approximate surface area is 120 Å². The maximum absolute atomic E-state index is 12.5. The van der Waals surface area contributed by atoms with Crippen LogP contribution in [0.2, 0.25) is 0 Å². The number of hydrogen-bond donors (Lipinski definition) is 1. The number of carbonyl (C=O) groups excluding carboxylic acids is 1. The van der Waals surface area contributed by atoms with Crippen molar-refractivity contribution in [1.29, 1.82) is 5.26 Å². The monoisotopic (exact) mass is 274 g/mol. The number of rotatable bonds is 7. The van der Waals surface area contributed by atoms with Crippen LogP contribution in [0.15, 0.2) is 18.5 Å². The van der Waals surface area contributed by atoms with Crippen LogP contribution in [0, 0.1) is 17.2 Å². The molecular weight excluding hydrogens is 252 g/mol. The van der Waals surface area contributed by atoms with Gasteiger partial charge in [0.05, 0.1) is 23.2 Å². The second-order valence-corrected chi connectivity index (χ2v) is 4.72. The van der Waals surface area contributed by atoms with E-state index in [2.05, 4.69) is 23.3 Å². The number of nitrogens with one attached hydrogen (secondary N) is 1. The van der Waals surface area contributed by atoms with Gasteiger partial charge in [0.25, 0.3) is 5.91 Å². The highest BCUT2D eigenvalue weighted by atomic mass is 16.2. The van der Waals surface area contributed by atoms with Gasteiger partial charge in [0.1, 0.15) is 0 Å². The summed E-state index contributed by atoms with van der Waals surface area (Å²) in [5.74, 6) is -0.260. The molecular formula is C15H22N4O. The zero-order chi connectivity index (χ0) is 15.0. The van der Waals surface area contributed by atoms with Crippen molar-refractivity contribution >= 4 is 11.6 Å². The molecule has 0 aromatic carbocycles. The molecule has 0 aliphatic carbocycles. The van der Waals surface area contributed by atoms with Crippen molar-refractivity contribution in [2.45, 2.75) is 27.2 Å². The van der Waals surface area contributed by atoms with Crippen LogP contribution in [0.25, 0.3) is 0 Å².